The summed E-state index contributed by atoms with van der Waals surface area (Å²) in [7, 11) is 1.58. The summed E-state index contributed by atoms with van der Waals surface area (Å²) in [5.74, 6) is 0.559. The third-order valence-corrected chi connectivity index (χ3v) is 3.19. The lowest BCUT2D eigenvalue weighted by atomic mass is 10.1. The predicted octanol–water partition coefficient (Wildman–Crippen LogP) is 0.321. The molecule has 22 heavy (non-hydrogen) atoms. The number of methoxy groups -OCH3 is 1. The molecule has 1 aromatic heterocycles. The molecule has 0 spiro atoms. The summed E-state index contributed by atoms with van der Waals surface area (Å²) in [4.78, 5) is 38.7. The minimum atomic E-state index is -0.573. The Bertz CT molecular complexity index is 764. The van der Waals surface area contributed by atoms with Crippen molar-refractivity contribution < 1.29 is 9.53 Å². The lowest BCUT2D eigenvalue weighted by Crippen LogP contribution is -2.30. The average molecular weight is 303 g/mol. The van der Waals surface area contributed by atoms with E-state index in [1.807, 2.05) is 24.3 Å². The molecule has 2 aromatic rings. The number of aromatic nitrogens is 2. The molecule has 0 aliphatic rings. The van der Waals surface area contributed by atoms with Crippen molar-refractivity contribution in [2.24, 2.45) is 0 Å². The van der Waals surface area contributed by atoms with Gasteiger partial charge in [0.25, 0.3) is 5.56 Å². The number of hydrogen-bond acceptors (Lipinski definition) is 4. The number of carbonyl (C=O) groups is 1. The van der Waals surface area contributed by atoms with Crippen molar-refractivity contribution in [3.63, 3.8) is 0 Å². The van der Waals surface area contributed by atoms with Crippen LogP contribution >= 0.6 is 0 Å². The van der Waals surface area contributed by atoms with Crippen LogP contribution in [0.4, 0.5) is 0 Å². The molecule has 0 aliphatic carbocycles. The molecular weight excluding hydrogens is 286 g/mol. The quantitative estimate of drug-likeness (QED) is 0.715. The number of aryl methyl sites for hydroxylation is 1. The van der Waals surface area contributed by atoms with Crippen LogP contribution in [0.25, 0.3) is 0 Å². The second kappa shape index (κ2) is 7.26. The van der Waals surface area contributed by atoms with Crippen molar-refractivity contribution in [2.75, 3.05) is 7.11 Å². The van der Waals surface area contributed by atoms with Gasteiger partial charge in [0.1, 0.15) is 5.75 Å². The molecule has 7 heteroatoms. The molecule has 0 atom stereocenters. The van der Waals surface area contributed by atoms with E-state index >= 15 is 0 Å². The third-order valence-electron chi connectivity index (χ3n) is 3.19. The molecule has 116 valence electrons. The normalized spacial score (nSPS) is 10.2. The van der Waals surface area contributed by atoms with E-state index in [0.29, 0.717) is 12.0 Å². The highest BCUT2D eigenvalue weighted by Crippen LogP contribution is 2.18. The minimum absolute atomic E-state index is 0.0663. The Kier molecular flexibility index (Phi) is 5.13. The highest BCUT2D eigenvalue weighted by molar-refractivity contribution is 5.76. The molecule has 1 aromatic carbocycles. The van der Waals surface area contributed by atoms with Crippen molar-refractivity contribution in [3.8, 4) is 5.75 Å². The Morgan fingerprint density at radius 2 is 2.00 bits per heavy atom. The summed E-state index contributed by atoms with van der Waals surface area (Å²) in [5, 5.41) is 2.65. The molecule has 0 radical (unpaired) electrons. The van der Waals surface area contributed by atoms with Crippen LogP contribution in [0.1, 0.15) is 17.5 Å². The van der Waals surface area contributed by atoms with Crippen LogP contribution < -0.4 is 21.3 Å². The second-order valence-corrected chi connectivity index (χ2v) is 4.69. The summed E-state index contributed by atoms with van der Waals surface area (Å²) in [6.45, 7) is 0.0663. The molecule has 0 fully saturated rings. The number of hydrogen-bond donors (Lipinski definition) is 3. The van der Waals surface area contributed by atoms with E-state index in [2.05, 4.69) is 15.3 Å². The van der Waals surface area contributed by atoms with Gasteiger partial charge in [0, 0.05) is 19.2 Å². The predicted molar refractivity (Wildman–Crippen MR) is 80.8 cm³/mol. The van der Waals surface area contributed by atoms with Gasteiger partial charge in [0.15, 0.2) is 0 Å². The molecule has 1 heterocycles. The number of ether oxygens (including phenoxy) is 1. The van der Waals surface area contributed by atoms with Crippen molar-refractivity contribution in [3.05, 3.63) is 62.4 Å². The zero-order valence-electron chi connectivity index (χ0n) is 12.1. The lowest BCUT2D eigenvalue weighted by Gasteiger charge is -2.08. The van der Waals surface area contributed by atoms with Crippen LogP contribution in [0.3, 0.4) is 0 Å². The summed E-state index contributed by atoms with van der Waals surface area (Å²) in [6.07, 6.45) is 2.11. The fourth-order valence-corrected chi connectivity index (χ4v) is 2.01. The van der Waals surface area contributed by atoms with E-state index in [1.54, 1.807) is 7.11 Å². The smallest absolute Gasteiger partial charge is 0.325 e. The molecule has 0 aliphatic heterocycles. The minimum Gasteiger partial charge on any atom is -0.496 e. The first-order valence-corrected chi connectivity index (χ1v) is 6.79. The molecule has 0 saturated carbocycles. The Hall–Kier alpha value is -2.83. The molecule has 0 bridgehead atoms. The fraction of sp³-hybridized carbons (Fsp3) is 0.267. The van der Waals surface area contributed by atoms with E-state index in [-0.39, 0.29) is 18.9 Å². The van der Waals surface area contributed by atoms with Crippen molar-refractivity contribution in [1.82, 2.24) is 15.3 Å². The molecule has 1 amide bonds. The Balaban J connectivity index is 1.88. The summed E-state index contributed by atoms with van der Waals surface area (Å²) >= 11 is 0. The number of rotatable bonds is 6. The van der Waals surface area contributed by atoms with E-state index in [1.165, 1.54) is 6.20 Å². The van der Waals surface area contributed by atoms with Crippen LogP contribution in [0.2, 0.25) is 0 Å². The third kappa shape index (κ3) is 4.08. The molecular formula is C15H17N3O4. The topological polar surface area (TPSA) is 104 Å². The monoisotopic (exact) mass is 303 g/mol. The van der Waals surface area contributed by atoms with Gasteiger partial charge in [0.2, 0.25) is 5.91 Å². The van der Waals surface area contributed by atoms with E-state index in [4.69, 9.17) is 4.74 Å². The molecule has 0 unspecified atom stereocenters. The Morgan fingerprint density at radius 3 is 2.73 bits per heavy atom. The van der Waals surface area contributed by atoms with Gasteiger partial charge in [-0.2, -0.15) is 0 Å². The number of para-hydroxylation sites is 1. The van der Waals surface area contributed by atoms with E-state index < -0.39 is 11.2 Å². The maximum atomic E-state index is 11.8. The number of carbonyl (C=O) groups excluding carboxylic acids is 1. The number of amides is 1. The van der Waals surface area contributed by atoms with Crippen LogP contribution in [0.15, 0.2) is 40.1 Å². The maximum Gasteiger partial charge on any atom is 0.325 e. The zero-order chi connectivity index (χ0) is 15.9. The SMILES string of the molecule is COc1ccccc1CCC(=O)NCc1c[nH]c(=O)[nH]c1=O. The zero-order valence-corrected chi connectivity index (χ0v) is 12.1. The highest BCUT2D eigenvalue weighted by atomic mass is 16.5. The van der Waals surface area contributed by atoms with Gasteiger partial charge in [-0.1, -0.05) is 18.2 Å². The molecule has 2 rings (SSSR count). The standard InChI is InChI=1S/C15H17N3O4/c1-22-12-5-3-2-4-10(12)6-7-13(19)16-8-11-9-17-15(21)18-14(11)20/h2-5,9H,6-8H2,1H3,(H,16,19)(H2,17,18,20,21). The van der Waals surface area contributed by atoms with Gasteiger partial charge in [-0.15, -0.1) is 0 Å². The van der Waals surface area contributed by atoms with Gasteiger partial charge in [-0.25, -0.2) is 4.79 Å². The number of H-pyrrole nitrogens is 2. The summed E-state index contributed by atoms with van der Waals surface area (Å²) in [5.41, 5.74) is 0.164. The summed E-state index contributed by atoms with van der Waals surface area (Å²) in [6, 6.07) is 7.49. The lowest BCUT2D eigenvalue weighted by molar-refractivity contribution is -0.121. The van der Waals surface area contributed by atoms with Crippen LogP contribution in [0.5, 0.6) is 5.75 Å². The number of benzene rings is 1. The molecule has 3 N–H and O–H groups in total. The first-order valence-electron chi connectivity index (χ1n) is 6.79. The second-order valence-electron chi connectivity index (χ2n) is 4.69. The molecule has 7 nitrogen and oxygen atoms in total. The van der Waals surface area contributed by atoms with Gasteiger partial charge >= 0.3 is 5.69 Å². The summed E-state index contributed by atoms with van der Waals surface area (Å²) < 4.78 is 5.22. The number of aromatic amines is 2. The maximum absolute atomic E-state index is 11.8. The highest BCUT2D eigenvalue weighted by Gasteiger charge is 2.07. The van der Waals surface area contributed by atoms with Crippen LogP contribution in [0, 0.1) is 0 Å². The van der Waals surface area contributed by atoms with Crippen LogP contribution in [-0.4, -0.2) is 23.0 Å². The first-order chi connectivity index (χ1) is 10.6. The Labute approximate surface area is 126 Å². The Morgan fingerprint density at radius 1 is 1.23 bits per heavy atom. The van der Waals surface area contributed by atoms with Crippen molar-refractivity contribution in [2.45, 2.75) is 19.4 Å². The first kappa shape index (κ1) is 15.6. The van der Waals surface area contributed by atoms with Crippen LogP contribution in [-0.2, 0) is 17.8 Å². The fourth-order valence-electron chi connectivity index (χ4n) is 2.01. The number of nitrogens with one attached hydrogen (secondary N) is 3. The van der Waals surface area contributed by atoms with Gasteiger partial charge in [0.05, 0.1) is 12.7 Å². The van der Waals surface area contributed by atoms with Gasteiger partial charge in [-0.05, 0) is 18.1 Å². The molecule has 0 saturated heterocycles. The average Bonchev–Trinajstić information content (AvgIpc) is 2.52. The van der Waals surface area contributed by atoms with E-state index in [9.17, 15) is 14.4 Å². The van der Waals surface area contributed by atoms with Crippen molar-refractivity contribution in [1.29, 1.82) is 0 Å². The van der Waals surface area contributed by atoms with Gasteiger partial charge in [-0.3, -0.25) is 14.6 Å². The largest absolute Gasteiger partial charge is 0.496 e. The van der Waals surface area contributed by atoms with E-state index in [0.717, 1.165) is 11.3 Å². The van der Waals surface area contributed by atoms with Gasteiger partial charge < -0.3 is 15.0 Å². The van der Waals surface area contributed by atoms with Crippen molar-refractivity contribution >= 4 is 5.91 Å².